The number of hydrogen-bond donors (Lipinski definition) is 0. The highest BCUT2D eigenvalue weighted by Crippen LogP contribution is 2.28. The maximum absolute atomic E-state index is 11.4. The molecule has 2 aromatic rings. The first-order chi connectivity index (χ1) is 9.77. The molecule has 3 nitrogen and oxygen atoms in total. The van der Waals surface area contributed by atoms with Crippen LogP contribution in [-0.2, 0) is 15.7 Å². The van der Waals surface area contributed by atoms with Gasteiger partial charge in [-0.1, -0.05) is 23.7 Å². The molecule has 2 aromatic carbocycles. The van der Waals surface area contributed by atoms with Crippen LogP contribution in [0.5, 0.6) is 5.75 Å². The summed E-state index contributed by atoms with van der Waals surface area (Å²) in [5, 5.41) is 0.669. The van der Waals surface area contributed by atoms with Gasteiger partial charge >= 0.3 is 0 Å². The standard InChI is InChI=1S/C15H14Cl2O3S/c1-10-8-15(21(17,18)19)11(2)7-14(10)20-9-12-3-5-13(16)6-4-12/h3-8H,9H2,1-2H3. The second kappa shape index (κ2) is 6.26. The molecular weight excluding hydrogens is 331 g/mol. The summed E-state index contributed by atoms with van der Waals surface area (Å²) < 4.78 is 28.6. The van der Waals surface area contributed by atoms with Crippen LogP contribution in [0.15, 0.2) is 41.3 Å². The Labute approximate surface area is 133 Å². The first-order valence-electron chi connectivity index (χ1n) is 6.20. The quantitative estimate of drug-likeness (QED) is 0.768. The van der Waals surface area contributed by atoms with Gasteiger partial charge < -0.3 is 4.74 Å². The van der Waals surface area contributed by atoms with Gasteiger partial charge in [0.05, 0.1) is 4.90 Å². The largest absolute Gasteiger partial charge is 0.489 e. The molecule has 0 radical (unpaired) electrons. The molecule has 0 saturated carbocycles. The second-order valence-corrected chi connectivity index (χ2v) is 7.71. The number of rotatable bonds is 4. The van der Waals surface area contributed by atoms with Crippen LogP contribution >= 0.6 is 22.3 Å². The van der Waals surface area contributed by atoms with Gasteiger partial charge in [0.25, 0.3) is 9.05 Å². The third-order valence-electron chi connectivity index (χ3n) is 3.04. The van der Waals surface area contributed by atoms with Gasteiger partial charge in [-0.3, -0.25) is 0 Å². The van der Waals surface area contributed by atoms with Crippen molar-refractivity contribution in [3.05, 3.63) is 58.1 Å². The minimum absolute atomic E-state index is 0.112. The van der Waals surface area contributed by atoms with E-state index in [4.69, 9.17) is 27.0 Å². The Morgan fingerprint density at radius 2 is 1.67 bits per heavy atom. The van der Waals surface area contributed by atoms with Crippen LogP contribution in [0.25, 0.3) is 0 Å². The van der Waals surface area contributed by atoms with Crippen molar-refractivity contribution >= 4 is 31.3 Å². The molecule has 0 N–H and O–H groups in total. The number of hydrogen-bond acceptors (Lipinski definition) is 3. The van der Waals surface area contributed by atoms with Gasteiger partial charge in [-0.2, -0.15) is 0 Å². The van der Waals surface area contributed by atoms with E-state index in [1.807, 2.05) is 12.1 Å². The average molecular weight is 345 g/mol. The van der Waals surface area contributed by atoms with E-state index in [2.05, 4.69) is 0 Å². The Morgan fingerprint density at radius 3 is 2.24 bits per heavy atom. The molecule has 0 amide bonds. The lowest BCUT2D eigenvalue weighted by Gasteiger charge is -2.12. The Kier molecular flexibility index (Phi) is 4.81. The Hall–Kier alpha value is -1.23. The molecule has 0 spiro atoms. The predicted molar refractivity (Wildman–Crippen MR) is 84.7 cm³/mol. The minimum Gasteiger partial charge on any atom is -0.489 e. The molecule has 6 heteroatoms. The van der Waals surface area contributed by atoms with Gasteiger partial charge in [-0.05, 0) is 54.8 Å². The molecule has 0 aliphatic rings. The first-order valence-corrected chi connectivity index (χ1v) is 8.89. The van der Waals surface area contributed by atoms with Gasteiger partial charge in [-0.15, -0.1) is 0 Å². The number of halogens is 2. The van der Waals surface area contributed by atoms with Crippen LogP contribution in [0.4, 0.5) is 0 Å². The van der Waals surface area contributed by atoms with Crippen LogP contribution in [0.3, 0.4) is 0 Å². The molecule has 0 aliphatic heterocycles. The summed E-state index contributed by atoms with van der Waals surface area (Å²) in [5.41, 5.74) is 2.25. The first kappa shape index (κ1) is 16.1. The molecule has 0 unspecified atom stereocenters. The molecule has 0 aromatic heterocycles. The van der Waals surface area contributed by atoms with Crippen LogP contribution in [0.2, 0.25) is 5.02 Å². The molecule has 0 fully saturated rings. The summed E-state index contributed by atoms with van der Waals surface area (Å²) in [6.45, 7) is 3.84. The van der Waals surface area contributed by atoms with E-state index >= 15 is 0 Å². The van der Waals surface area contributed by atoms with Gasteiger partial charge in [0.15, 0.2) is 0 Å². The highest BCUT2D eigenvalue weighted by Gasteiger charge is 2.16. The fourth-order valence-electron chi connectivity index (χ4n) is 1.92. The van der Waals surface area contributed by atoms with Crippen molar-refractivity contribution < 1.29 is 13.2 Å². The maximum Gasteiger partial charge on any atom is 0.261 e. The zero-order valence-electron chi connectivity index (χ0n) is 11.6. The lowest BCUT2D eigenvalue weighted by Crippen LogP contribution is -2.01. The summed E-state index contributed by atoms with van der Waals surface area (Å²) in [7, 11) is 1.65. The normalized spacial score (nSPS) is 11.4. The lowest BCUT2D eigenvalue weighted by atomic mass is 10.1. The number of ether oxygens (including phenoxy) is 1. The SMILES string of the molecule is Cc1cc(S(=O)(=O)Cl)c(C)cc1OCc1ccc(Cl)cc1. The Balaban J connectivity index is 2.21. The highest BCUT2D eigenvalue weighted by atomic mass is 35.7. The molecule has 0 heterocycles. The zero-order valence-corrected chi connectivity index (χ0v) is 13.9. The van der Waals surface area contributed by atoms with Crippen LogP contribution < -0.4 is 4.74 Å². The van der Waals surface area contributed by atoms with E-state index in [0.717, 1.165) is 5.56 Å². The molecule has 0 atom stereocenters. The van der Waals surface area contributed by atoms with Gasteiger partial charge in [-0.25, -0.2) is 8.42 Å². The maximum atomic E-state index is 11.4. The monoisotopic (exact) mass is 344 g/mol. The third-order valence-corrected chi connectivity index (χ3v) is 4.76. The molecule has 0 bridgehead atoms. The van der Waals surface area contributed by atoms with Crippen molar-refractivity contribution in [2.45, 2.75) is 25.3 Å². The summed E-state index contributed by atoms with van der Waals surface area (Å²) in [6.07, 6.45) is 0. The van der Waals surface area contributed by atoms with E-state index < -0.39 is 9.05 Å². The van der Waals surface area contributed by atoms with Gasteiger partial charge in [0.1, 0.15) is 12.4 Å². The summed E-state index contributed by atoms with van der Waals surface area (Å²) >= 11 is 5.82. The summed E-state index contributed by atoms with van der Waals surface area (Å²) in [4.78, 5) is 0.112. The van der Waals surface area contributed by atoms with Crippen LogP contribution in [0.1, 0.15) is 16.7 Å². The van der Waals surface area contributed by atoms with Gasteiger partial charge in [0, 0.05) is 15.7 Å². The predicted octanol–water partition coefficient (Wildman–Crippen LogP) is 4.46. The third kappa shape index (κ3) is 4.13. The van der Waals surface area contributed by atoms with E-state index in [0.29, 0.717) is 28.5 Å². The van der Waals surface area contributed by atoms with Crippen molar-refractivity contribution in [1.82, 2.24) is 0 Å². The van der Waals surface area contributed by atoms with Crippen molar-refractivity contribution in [3.63, 3.8) is 0 Å². The Bertz CT molecular complexity index is 753. The fourth-order valence-corrected chi connectivity index (χ4v) is 3.31. The van der Waals surface area contributed by atoms with E-state index in [-0.39, 0.29) is 4.90 Å². The van der Waals surface area contributed by atoms with E-state index in [1.54, 1.807) is 32.0 Å². The Morgan fingerprint density at radius 1 is 1.05 bits per heavy atom. The minimum atomic E-state index is -3.74. The number of aryl methyl sites for hydroxylation is 2. The average Bonchev–Trinajstić information content (AvgIpc) is 2.40. The fraction of sp³-hybridized carbons (Fsp3) is 0.200. The van der Waals surface area contributed by atoms with Crippen molar-refractivity contribution in [2.24, 2.45) is 0 Å². The molecule has 112 valence electrons. The van der Waals surface area contributed by atoms with Crippen LogP contribution in [0, 0.1) is 13.8 Å². The zero-order chi connectivity index (χ0) is 15.6. The molecule has 21 heavy (non-hydrogen) atoms. The smallest absolute Gasteiger partial charge is 0.261 e. The van der Waals surface area contributed by atoms with E-state index in [9.17, 15) is 8.42 Å². The molecular formula is C15H14Cl2O3S. The molecule has 2 rings (SSSR count). The van der Waals surface area contributed by atoms with Crippen molar-refractivity contribution in [3.8, 4) is 5.75 Å². The molecule has 0 saturated heterocycles. The van der Waals surface area contributed by atoms with Crippen molar-refractivity contribution in [1.29, 1.82) is 0 Å². The number of benzene rings is 2. The van der Waals surface area contributed by atoms with Crippen LogP contribution in [-0.4, -0.2) is 8.42 Å². The van der Waals surface area contributed by atoms with E-state index in [1.165, 1.54) is 6.07 Å². The topological polar surface area (TPSA) is 43.4 Å². The summed E-state index contributed by atoms with van der Waals surface area (Å²) in [5.74, 6) is 0.631. The van der Waals surface area contributed by atoms with Gasteiger partial charge in [0.2, 0.25) is 0 Å². The second-order valence-electron chi connectivity index (χ2n) is 4.74. The van der Waals surface area contributed by atoms with Crippen molar-refractivity contribution in [2.75, 3.05) is 0 Å². The summed E-state index contributed by atoms with van der Waals surface area (Å²) in [6, 6.07) is 10.5. The molecule has 0 aliphatic carbocycles. The lowest BCUT2D eigenvalue weighted by molar-refractivity contribution is 0.303. The highest BCUT2D eigenvalue weighted by molar-refractivity contribution is 8.13.